The SMILES string of the molecule is O=C1CC(=O)N(c2ccccc2)C(=O)N1CC1CC1. The average Bonchev–Trinajstić information content (AvgIpc) is 3.19. The van der Waals surface area contributed by atoms with E-state index in [1.54, 1.807) is 24.3 Å². The first kappa shape index (κ1) is 11.9. The number of para-hydroxylation sites is 1. The Labute approximate surface area is 110 Å². The molecule has 98 valence electrons. The van der Waals surface area contributed by atoms with E-state index in [9.17, 15) is 14.4 Å². The highest BCUT2D eigenvalue weighted by molar-refractivity contribution is 6.26. The Kier molecular flexibility index (Phi) is 2.81. The number of urea groups is 1. The van der Waals surface area contributed by atoms with Gasteiger partial charge in [0.1, 0.15) is 6.42 Å². The number of hydrogen-bond acceptors (Lipinski definition) is 3. The molecule has 0 radical (unpaired) electrons. The molecule has 1 aromatic carbocycles. The molecule has 1 aliphatic carbocycles. The maximum absolute atomic E-state index is 12.3. The van der Waals surface area contributed by atoms with E-state index in [0.29, 0.717) is 18.2 Å². The molecule has 0 aromatic heterocycles. The van der Waals surface area contributed by atoms with Crippen LogP contribution in [-0.2, 0) is 9.59 Å². The molecule has 0 atom stereocenters. The first-order valence-corrected chi connectivity index (χ1v) is 6.39. The summed E-state index contributed by atoms with van der Waals surface area (Å²) in [7, 11) is 0. The van der Waals surface area contributed by atoms with Crippen LogP contribution in [0.2, 0.25) is 0 Å². The fourth-order valence-electron chi connectivity index (χ4n) is 2.21. The Bertz CT molecular complexity index is 537. The third-order valence-corrected chi connectivity index (χ3v) is 3.43. The molecule has 0 spiro atoms. The van der Waals surface area contributed by atoms with Crippen LogP contribution in [0, 0.1) is 5.92 Å². The standard InChI is InChI=1S/C14H14N2O3/c17-12-8-13(18)16(11-4-2-1-3-5-11)14(19)15(12)9-10-6-7-10/h1-5,10H,6-9H2. The van der Waals surface area contributed by atoms with E-state index in [-0.39, 0.29) is 12.3 Å². The molecule has 19 heavy (non-hydrogen) atoms. The van der Waals surface area contributed by atoms with E-state index in [1.165, 1.54) is 4.90 Å². The normalized spacial score (nSPS) is 20.1. The smallest absolute Gasteiger partial charge is 0.274 e. The van der Waals surface area contributed by atoms with Gasteiger partial charge in [0.2, 0.25) is 11.8 Å². The van der Waals surface area contributed by atoms with Crippen molar-refractivity contribution in [3.05, 3.63) is 30.3 Å². The van der Waals surface area contributed by atoms with Crippen molar-refractivity contribution in [3.8, 4) is 0 Å². The van der Waals surface area contributed by atoms with E-state index in [4.69, 9.17) is 0 Å². The summed E-state index contributed by atoms with van der Waals surface area (Å²) in [6.45, 7) is 0.439. The molecule has 1 saturated carbocycles. The van der Waals surface area contributed by atoms with Crippen LogP contribution >= 0.6 is 0 Å². The zero-order valence-corrected chi connectivity index (χ0v) is 10.4. The van der Waals surface area contributed by atoms with Gasteiger partial charge in [0, 0.05) is 6.54 Å². The third-order valence-electron chi connectivity index (χ3n) is 3.43. The summed E-state index contributed by atoms with van der Waals surface area (Å²) >= 11 is 0. The predicted molar refractivity (Wildman–Crippen MR) is 68.4 cm³/mol. The lowest BCUT2D eigenvalue weighted by atomic mass is 10.2. The lowest BCUT2D eigenvalue weighted by Gasteiger charge is -2.32. The van der Waals surface area contributed by atoms with E-state index >= 15 is 0 Å². The maximum Gasteiger partial charge on any atom is 0.338 e. The number of carbonyl (C=O) groups excluding carboxylic acids is 3. The molecule has 2 fully saturated rings. The Hall–Kier alpha value is -2.17. The van der Waals surface area contributed by atoms with Crippen LogP contribution in [0.5, 0.6) is 0 Å². The van der Waals surface area contributed by atoms with Crippen molar-refractivity contribution < 1.29 is 14.4 Å². The molecule has 1 heterocycles. The molecule has 0 N–H and O–H groups in total. The second-order valence-corrected chi connectivity index (χ2v) is 4.97. The van der Waals surface area contributed by atoms with Crippen molar-refractivity contribution in [3.63, 3.8) is 0 Å². The van der Waals surface area contributed by atoms with Crippen LogP contribution < -0.4 is 4.90 Å². The molecule has 5 nitrogen and oxygen atoms in total. The largest absolute Gasteiger partial charge is 0.338 e. The number of imide groups is 2. The summed E-state index contributed by atoms with van der Waals surface area (Å²) in [5.41, 5.74) is 0.519. The van der Waals surface area contributed by atoms with Gasteiger partial charge in [-0.05, 0) is 30.9 Å². The lowest BCUT2D eigenvalue weighted by Crippen LogP contribution is -2.55. The molecule has 1 aliphatic heterocycles. The van der Waals surface area contributed by atoms with Crippen LogP contribution in [-0.4, -0.2) is 29.3 Å². The minimum Gasteiger partial charge on any atom is -0.274 e. The number of amides is 4. The fraction of sp³-hybridized carbons (Fsp3) is 0.357. The van der Waals surface area contributed by atoms with Crippen molar-refractivity contribution in [1.29, 1.82) is 0 Å². The Balaban J connectivity index is 1.88. The highest BCUT2D eigenvalue weighted by atomic mass is 16.2. The summed E-state index contributed by atoms with van der Waals surface area (Å²) in [5, 5.41) is 0. The zero-order chi connectivity index (χ0) is 13.4. The van der Waals surface area contributed by atoms with Gasteiger partial charge in [-0.25, -0.2) is 9.69 Å². The van der Waals surface area contributed by atoms with Crippen LogP contribution in [0.25, 0.3) is 0 Å². The van der Waals surface area contributed by atoms with E-state index in [1.807, 2.05) is 6.07 Å². The maximum atomic E-state index is 12.3. The molecule has 0 bridgehead atoms. The van der Waals surface area contributed by atoms with Gasteiger partial charge < -0.3 is 0 Å². The minimum absolute atomic E-state index is 0.229. The predicted octanol–water partition coefficient (Wildman–Crippen LogP) is 1.78. The van der Waals surface area contributed by atoms with Gasteiger partial charge in [-0.2, -0.15) is 0 Å². The van der Waals surface area contributed by atoms with Crippen LogP contribution in [0.4, 0.5) is 10.5 Å². The summed E-state index contributed by atoms with van der Waals surface area (Å²) in [4.78, 5) is 38.4. The number of carbonyl (C=O) groups is 3. The quantitative estimate of drug-likeness (QED) is 0.776. The van der Waals surface area contributed by atoms with Crippen molar-refractivity contribution in [1.82, 2.24) is 4.90 Å². The molecular formula is C14H14N2O3. The summed E-state index contributed by atoms with van der Waals surface area (Å²) < 4.78 is 0. The fourth-order valence-corrected chi connectivity index (χ4v) is 2.21. The van der Waals surface area contributed by atoms with Crippen molar-refractivity contribution in [2.24, 2.45) is 5.92 Å². The number of nitrogens with zero attached hydrogens (tertiary/aromatic N) is 2. The van der Waals surface area contributed by atoms with Gasteiger partial charge in [0.05, 0.1) is 5.69 Å². The highest BCUT2D eigenvalue weighted by Gasteiger charge is 2.40. The lowest BCUT2D eigenvalue weighted by molar-refractivity contribution is -0.135. The molecule has 2 aliphatic rings. The number of benzene rings is 1. The molecule has 1 aromatic rings. The van der Waals surface area contributed by atoms with Crippen LogP contribution in [0.15, 0.2) is 30.3 Å². The summed E-state index contributed by atoms with van der Waals surface area (Å²) in [5.74, 6) is -0.416. The monoisotopic (exact) mass is 258 g/mol. The Morgan fingerprint density at radius 2 is 1.68 bits per heavy atom. The number of anilines is 1. The first-order valence-electron chi connectivity index (χ1n) is 6.39. The van der Waals surface area contributed by atoms with Crippen molar-refractivity contribution in [2.75, 3.05) is 11.4 Å². The van der Waals surface area contributed by atoms with Gasteiger partial charge in [0.25, 0.3) is 0 Å². The molecule has 4 amide bonds. The Morgan fingerprint density at radius 3 is 2.32 bits per heavy atom. The first-order chi connectivity index (χ1) is 9.16. The van der Waals surface area contributed by atoms with Crippen molar-refractivity contribution in [2.45, 2.75) is 19.3 Å². The number of hydrogen-bond donors (Lipinski definition) is 0. The van der Waals surface area contributed by atoms with E-state index in [0.717, 1.165) is 17.7 Å². The third kappa shape index (κ3) is 2.23. The van der Waals surface area contributed by atoms with Gasteiger partial charge in [-0.1, -0.05) is 18.2 Å². The zero-order valence-electron chi connectivity index (χ0n) is 10.4. The Morgan fingerprint density at radius 1 is 1.00 bits per heavy atom. The molecule has 0 unspecified atom stereocenters. The van der Waals surface area contributed by atoms with Gasteiger partial charge in [-0.3, -0.25) is 14.5 Å². The second kappa shape index (κ2) is 4.50. The summed E-state index contributed by atoms with van der Waals surface area (Å²) in [6.07, 6.45) is 1.88. The number of barbiturate groups is 1. The average molecular weight is 258 g/mol. The van der Waals surface area contributed by atoms with E-state index < -0.39 is 11.9 Å². The van der Waals surface area contributed by atoms with Crippen LogP contribution in [0.3, 0.4) is 0 Å². The summed E-state index contributed by atoms with van der Waals surface area (Å²) in [6, 6.07) is 8.21. The topological polar surface area (TPSA) is 57.7 Å². The van der Waals surface area contributed by atoms with Crippen LogP contribution in [0.1, 0.15) is 19.3 Å². The van der Waals surface area contributed by atoms with E-state index in [2.05, 4.69) is 0 Å². The van der Waals surface area contributed by atoms with Gasteiger partial charge in [0.15, 0.2) is 0 Å². The second-order valence-electron chi connectivity index (χ2n) is 4.97. The van der Waals surface area contributed by atoms with Crippen molar-refractivity contribution >= 4 is 23.5 Å². The molecule has 5 heteroatoms. The number of rotatable bonds is 3. The molecule has 3 rings (SSSR count). The highest BCUT2D eigenvalue weighted by Crippen LogP contribution is 2.31. The molecular weight excluding hydrogens is 244 g/mol. The molecule has 1 saturated heterocycles. The van der Waals surface area contributed by atoms with Gasteiger partial charge >= 0.3 is 6.03 Å². The van der Waals surface area contributed by atoms with Gasteiger partial charge in [-0.15, -0.1) is 0 Å². The minimum atomic E-state index is -0.514.